The van der Waals surface area contributed by atoms with Crippen LogP contribution in [0.1, 0.15) is 36.1 Å². The molecule has 20 heavy (non-hydrogen) atoms. The van der Waals surface area contributed by atoms with Crippen molar-refractivity contribution in [2.45, 2.75) is 32.7 Å². The molecule has 0 bridgehead atoms. The van der Waals surface area contributed by atoms with Crippen molar-refractivity contribution in [3.8, 4) is 0 Å². The molecule has 0 amide bonds. The second kappa shape index (κ2) is 7.15. The van der Waals surface area contributed by atoms with Crippen molar-refractivity contribution in [1.29, 1.82) is 0 Å². The monoisotopic (exact) mass is 272 g/mol. The van der Waals surface area contributed by atoms with E-state index in [-0.39, 0.29) is 11.9 Å². The molecule has 0 radical (unpaired) electrons. The molecule has 0 saturated heterocycles. The summed E-state index contributed by atoms with van der Waals surface area (Å²) < 4.78 is 13.2. The minimum atomic E-state index is -0.172. The molecule has 1 aromatic heterocycles. The van der Waals surface area contributed by atoms with E-state index in [1.807, 2.05) is 25.3 Å². The summed E-state index contributed by atoms with van der Waals surface area (Å²) in [7, 11) is 0. The SMILES string of the molecule is CCNC(CCc1cccnc1)c1ccc(F)cc1C. The number of rotatable bonds is 6. The highest BCUT2D eigenvalue weighted by Crippen LogP contribution is 2.23. The van der Waals surface area contributed by atoms with Crippen molar-refractivity contribution >= 4 is 0 Å². The Labute approximate surface area is 120 Å². The van der Waals surface area contributed by atoms with Crippen LogP contribution in [0.25, 0.3) is 0 Å². The lowest BCUT2D eigenvalue weighted by molar-refractivity contribution is 0.511. The zero-order valence-corrected chi connectivity index (χ0v) is 12.1. The van der Waals surface area contributed by atoms with Gasteiger partial charge in [0.15, 0.2) is 0 Å². The number of nitrogens with one attached hydrogen (secondary N) is 1. The lowest BCUT2D eigenvalue weighted by Gasteiger charge is -2.20. The van der Waals surface area contributed by atoms with E-state index in [1.54, 1.807) is 12.3 Å². The zero-order valence-electron chi connectivity index (χ0n) is 12.1. The van der Waals surface area contributed by atoms with Crippen molar-refractivity contribution in [2.24, 2.45) is 0 Å². The van der Waals surface area contributed by atoms with Gasteiger partial charge in [0, 0.05) is 18.4 Å². The third kappa shape index (κ3) is 3.87. The minimum Gasteiger partial charge on any atom is -0.310 e. The van der Waals surface area contributed by atoms with Gasteiger partial charge in [-0.25, -0.2) is 4.39 Å². The lowest BCUT2D eigenvalue weighted by Crippen LogP contribution is -2.22. The maximum absolute atomic E-state index is 13.2. The van der Waals surface area contributed by atoms with Crippen molar-refractivity contribution in [3.63, 3.8) is 0 Å². The molecule has 0 fully saturated rings. The van der Waals surface area contributed by atoms with Gasteiger partial charge in [0.1, 0.15) is 5.82 Å². The molecule has 1 atom stereocenters. The molecular formula is C17H21FN2. The molecule has 2 rings (SSSR count). The first-order valence-corrected chi connectivity index (χ1v) is 7.09. The maximum Gasteiger partial charge on any atom is 0.123 e. The fraction of sp³-hybridized carbons (Fsp3) is 0.353. The van der Waals surface area contributed by atoms with Crippen LogP contribution >= 0.6 is 0 Å². The fourth-order valence-electron chi connectivity index (χ4n) is 2.50. The van der Waals surface area contributed by atoms with E-state index in [2.05, 4.69) is 23.3 Å². The lowest BCUT2D eigenvalue weighted by atomic mass is 9.96. The Morgan fingerprint density at radius 3 is 2.80 bits per heavy atom. The largest absolute Gasteiger partial charge is 0.310 e. The molecule has 1 heterocycles. The molecule has 0 spiro atoms. The molecule has 2 aromatic rings. The fourth-order valence-corrected chi connectivity index (χ4v) is 2.50. The van der Waals surface area contributed by atoms with Crippen LogP contribution in [0.2, 0.25) is 0 Å². The molecular weight excluding hydrogens is 251 g/mol. The highest BCUT2D eigenvalue weighted by Gasteiger charge is 2.13. The number of aromatic nitrogens is 1. The van der Waals surface area contributed by atoms with Gasteiger partial charge >= 0.3 is 0 Å². The summed E-state index contributed by atoms with van der Waals surface area (Å²) in [4.78, 5) is 4.14. The summed E-state index contributed by atoms with van der Waals surface area (Å²) in [6.07, 6.45) is 5.63. The van der Waals surface area contributed by atoms with Gasteiger partial charge in [-0.15, -0.1) is 0 Å². The molecule has 1 aromatic carbocycles. The zero-order chi connectivity index (χ0) is 14.4. The van der Waals surface area contributed by atoms with E-state index in [0.29, 0.717) is 0 Å². The van der Waals surface area contributed by atoms with Gasteiger partial charge in [0.25, 0.3) is 0 Å². The Morgan fingerprint density at radius 1 is 1.30 bits per heavy atom. The van der Waals surface area contributed by atoms with E-state index in [0.717, 1.165) is 24.9 Å². The van der Waals surface area contributed by atoms with E-state index in [9.17, 15) is 4.39 Å². The molecule has 0 aliphatic carbocycles. The molecule has 0 aliphatic rings. The van der Waals surface area contributed by atoms with Crippen LogP contribution in [0, 0.1) is 12.7 Å². The van der Waals surface area contributed by atoms with E-state index < -0.39 is 0 Å². The molecule has 0 saturated carbocycles. The van der Waals surface area contributed by atoms with Gasteiger partial charge in [0.05, 0.1) is 0 Å². The summed E-state index contributed by atoms with van der Waals surface area (Å²) >= 11 is 0. The van der Waals surface area contributed by atoms with E-state index in [1.165, 1.54) is 17.2 Å². The highest BCUT2D eigenvalue weighted by molar-refractivity contribution is 5.29. The van der Waals surface area contributed by atoms with E-state index in [4.69, 9.17) is 0 Å². The van der Waals surface area contributed by atoms with Gasteiger partial charge < -0.3 is 5.32 Å². The van der Waals surface area contributed by atoms with Crippen molar-refractivity contribution < 1.29 is 4.39 Å². The van der Waals surface area contributed by atoms with Crippen molar-refractivity contribution in [2.75, 3.05) is 6.54 Å². The predicted octanol–water partition coefficient (Wildman–Crippen LogP) is 3.81. The quantitative estimate of drug-likeness (QED) is 0.865. The predicted molar refractivity (Wildman–Crippen MR) is 80.1 cm³/mol. The summed E-state index contributed by atoms with van der Waals surface area (Å²) in [6, 6.07) is 9.33. The topological polar surface area (TPSA) is 24.9 Å². The number of nitrogens with zero attached hydrogens (tertiary/aromatic N) is 1. The Hall–Kier alpha value is -1.74. The standard InChI is InChI=1S/C17H21FN2/c1-3-20-17(9-6-14-5-4-10-19-12-14)16-8-7-15(18)11-13(16)2/h4-5,7-8,10-12,17,20H,3,6,9H2,1-2H3. The van der Waals surface area contributed by atoms with Crippen LogP contribution < -0.4 is 5.32 Å². The first-order valence-electron chi connectivity index (χ1n) is 7.09. The number of hydrogen-bond acceptors (Lipinski definition) is 2. The summed E-state index contributed by atoms with van der Waals surface area (Å²) in [5, 5.41) is 3.49. The van der Waals surface area contributed by atoms with Crippen LogP contribution in [-0.4, -0.2) is 11.5 Å². The van der Waals surface area contributed by atoms with Crippen molar-refractivity contribution in [1.82, 2.24) is 10.3 Å². The van der Waals surface area contributed by atoms with E-state index >= 15 is 0 Å². The van der Waals surface area contributed by atoms with Gasteiger partial charge in [-0.2, -0.15) is 0 Å². The third-order valence-corrected chi connectivity index (χ3v) is 3.50. The molecule has 0 aliphatic heterocycles. The number of benzene rings is 1. The molecule has 2 nitrogen and oxygen atoms in total. The maximum atomic E-state index is 13.2. The van der Waals surface area contributed by atoms with Crippen LogP contribution in [-0.2, 0) is 6.42 Å². The second-order valence-electron chi connectivity index (χ2n) is 5.01. The Balaban J connectivity index is 2.10. The first-order chi connectivity index (χ1) is 9.70. The Bertz CT molecular complexity index is 540. The highest BCUT2D eigenvalue weighted by atomic mass is 19.1. The normalized spacial score (nSPS) is 12.3. The number of pyridine rings is 1. The number of hydrogen-bond donors (Lipinski definition) is 1. The van der Waals surface area contributed by atoms with Gasteiger partial charge in [0.2, 0.25) is 0 Å². The summed E-state index contributed by atoms with van der Waals surface area (Å²) in [5.41, 5.74) is 3.41. The molecule has 1 unspecified atom stereocenters. The Morgan fingerprint density at radius 2 is 2.15 bits per heavy atom. The van der Waals surface area contributed by atoms with Gasteiger partial charge in [-0.3, -0.25) is 4.98 Å². The number of aryl methyl sites for hydroxylation is 2. The molecule has 1 N–H and O–H groups in total. The summed E-state index contributed by atoms with van der Waals surface area (Å²) in [6.45, 7) is 4.96. The smallest absolute Gasteiger partial charge is 0.123 e. The minimum absolute atomic E-state index is 0.172. The van der Waals surface area contributed by atoms with Crippen LogP contribution in [0.5, 0.6) is 0 Å². The van der Waals surface area contributed by atoms with Gasteiger partial charge in [-0.05, 0) is 61.2 Å². The van der Waals surface area contributed by atoms with Crippen molar-refractivity contribution in [3.05, 3.63) is 65.2 Å². The van der Waals surface area contributed by atoms with Crippen LogP contribution in [0.3, 0.4) is 0 Å². The average molecular weight is 272 g/mol. The van der Waals surface area contributed by atoms with Crippen LogP contribution in [0.15, 0.2) is 42.7 Å². The molecule has 3 heteroatoms. The second-order valence-corrected chi connectivity index (χ2v) is 5.01. The average Bonchev–Trinajstić information content (AvgIpc) is 2.45. The Kier molecular flexibility index (Phi) is 5.24. The van der Waals surface area contributed by atoms with Gasteiger partial charge in [-0.1, -0.05) is 19.1 Å². The first kappa shape index (κ1) is 14.7. The van der Waals surface area contributed by atoms with Crippen LogP contribution in [0.4, 0.5) is 4.39 Å². The number of halogens is 1. The molecule has 106 valence electrons. The summed E-state index contributed by atoms with van der Waals surface area (Å²) in [5.74, 6) is -0.172. The third-order valence-electron chi connectivity index (χ3n) is 3.50.